The second-order valence-corrected chi connectivity index (χ2v) is 5.12. The third-order valence-corrected chi connectivity index (χ3v) is 3.65. The van der Waals surface area contributed by atoms with Gasteiger partial charge in [-0.2, -0.15) is 4.99 Å². The van der Waals surface area contributed by atoms with Crippen LogP contribution in [0.5, 0.6) is 0 Å². The highest BCUT2D eigenvalue weighted by atomic mass is 16.1. The molecule has 0 bridgehead atoms. The van der Waals surface area contributed by atoms with E-state index in [2.05, 4.69) is 27.0 Å². The molecule has 1 saturated heterocycles. The van der Waals surface area contributed by atoms with Gasteiger partial charge in [0.25, 0.3) is 5.91 Å². The van der Waals surface area contributed by atoms with Crippen LogP contribution in [0, 0.1) is 5.92 Å². The Morgan fingerprint density at radius 2 is 2.05 bits per heavy atom. The van der Waals surface area contributed by atoms with Crippen LogP contribution in [-0.2, 0) is 11.3 Å². The number of hydrogen-bond donors (Lipinski definition) is 0. The van der Waals surface area contributed by atoms with E-state index in [1.54, 1.807) is 6.92 Å². The zero-order chi connectivity index (χ0) is 13.2. The molecule has 0 radical (unpaired) electrons. The standard InChI is InChI=1S/C15H17N3O/c1-11-16-14-7-8-18(10-13(14)15(19)17-11)9-12-5-3-2-4-6-12/h2-6,13H,7-10H2,1H3/t13-/m0/s1. The summed E-state index contributed by atoms with van der Waals surface area (Å²) < 4.78 is 0. The smallest absolute Gasteiger partial charge is 0.257 e. The fraction of sp³-hybridized carbons (Fsp3) is 0.400. The largest absolute Gasteiger partial charge is 0.298 e. The summed E-state index contributed by atoms with van der Waals surface area (Å²) in [5, 5.41) is 0. The maximum absolute atomic E-state index is 11.9. The van der Waals surface area contributed by atoms with Gasteiger partial charge in [-0.15, -0.1) is 0 Å². The molecule has 0 aliphatic carbocycles. The highest BCUT2D eigenvalue weighted by molar-refractivity contribution is 6.16. The minimum Gasteiger partial charge on any atom is -0.298 e. The van der Waals surface area contributed by atoms with Gasteiger partial charge in [0.2, 0.25) is 0 Å². The second-order valence-electron chi connectivity index (χ2n) is 5.12. The van der Waals surface area contributed by atoms with E-state index in [9.17, 15) is 4.79 Å². The van der Waals surface area contributed by atoms with Crippen molar-refractivity contribution >= 4 is 17.5 Å². The number of likely N-dealkylation sites (tertiary alicyclic amines) is 1. The van der Waals surface area contributed by atoms with Crippen molar-refractivity contribution in [3.63, 3.8) is 0 Å². The molecule has 2 aliphatic heterocycles. The molecule has 0 N–H and O–H groups in total. The second kappa shape index (κ2) is 5.05. The molecule has 1 amide bonds. The van der Waals surface area contributed by atoms with Crippen LogP contribution in [0.15, 0.2) is 40.3 Å². The van der Waals surface area contributed by atoms with Crippen LogP contribution in [0.3, 0.4) is 0 Å². The molecular weight excluding hydrogens is 238 g/mol. The number of carbonyl (C=O) groups excluding carboxylic acids is 1. The molecule has 0 unspecified atom stereocenters. The van der Waals surface area contributed by atoms with Crippen LogP contribution >= 0.6 is 0 Å². The Labute approximate surface area is 112 Å². The van der Waals surface area contributed by atoms with Crippen molar-refractivity contribution in [2.24, 2.45) is 15.9 Å². The highest BCUT2D eigenvalue weighted by Crippen LogP contribution is 2.21. The van der Waals surface area contributed by atoms with Crippen LogP contribution in [0.4, 0.5) is 0 Å². The number of amidine groups is 1. The lowest BCUT2D eigenvalue weighted by atomic mass is 9.93. The Hall–Kier alpha value is -1.81. The van der Waals surface area contributed by atoms with Crippen molar-refractivity contribution in [3.8, 4) is 0 Å². The molecule has 4 heteroatoms. The van der Waals surface area contributed by atoms with Crippen molar-refractivity contribution < 1.29 is 4.79 Å². The minimum atomic E-state index is -0.124. The van der Waals surface area contributed by atoms with Crippen LogP contribution in [0.25, 0.3) is 0 Å². The first-order valence-corrected chi connectivity index (χ1v) is 6.65. The van der Waals surface area contributed by atoms with Crippen molar-refractivity contribution in [1.82, 2.24) is 4.90 Å². The lowest BCUT2D eigenvalue weighted by molar-refractivity contribution is -0.120. The minimum absolute atomic E-state index is 0.0275. The summed E-state index contributed by atoms with van der Waals surface area (Å²) in [6.07, 6.45) is 0.871. The van der Waals surface area contributed by atoms with Crippen LogP contribution in [0.1, 0.15) is 18.9 Å². The van der Waals surface area contributed by atoms with E-state index in [-0.39, 0.29) is 11.8 Å². The van der Waals surface area contributed by atoms with Crippen molar-refractivity contribution in [2.75, 3.05) is 13.1 Å². The average Bonchev–Trinajstić information content (AvgIpc) is 2.40. The Morgan fingerprint density at radius 1 is 1.26 bits per heavy atom. The maximum Gasteiger partial charge on any atom is 0.257 e. The number of amides is 1. The highest BCUT2D eigenvalue weighted by Gasteiger charge is 2.33. The lowest BCUT2D eigenvalue weighted by Crippen LogP contribution is -2.45. The predicted octanol–water partition coefficient (Wildman–Crippen LogP) is 1.91. The fourth-order valence-electron chi connectivity index (χ4n) is 2.71. The third kappa shape index (κ3) is 2.63. The van der Waals surface area contributed by atoms with E-state index in [0.717, 1.165) is 31.8 Å². The molecule has 4 nitrogen and oxygen atoms in total. The fourth-order valence-corrected chi connectivity index (χ4v) is 2.71. The normalized spacial score (nSPS) is 23.6. The first kappa shape index (κ1) is 12.2. The molecule has 2 heterocycles. The predicted molar refractivity (Wildman–Crippen MR) is 75.4 cm³/mol. The molecule has 0 aromatic heterocycles. The van der Waals surface area contributed by atoms with Crippen LogP contribution < -0.4 is 0 Å². The summed E-state index contributed by atoms with van der Waals surface area (Å²) in [5.74, 6) is 0.453. The molecule has 0 spiro atoms. The Kier molecular flexibility index (Phi) is 3.25. The molecule has 1 fully saturated rings. The van der Waals surface area contributed by atoms with Gasteiger partial charge in [0, 0.05) is 25.3 Å². The molecular formula is C15H17N3O. The number of piperidine rings is 1. The summed E-state index contributed by atoms with van der Waals surface area (Å²) in [5.41, 5.74) is 2.30. The Bertz CT molecular complexity index is 548. The number of nitrogens with zero attached hydrogens (tertiary/aromatic N) is 3. The average molecular weight is 255 g/mol. The van der Waals surface area contributed by atoms with E-state index in [1.807, 2.05) is 18.2 Å². The molecule has 1 atom stereocenters. The molecule has 3 rings (SSSR count). The zero-order valence-electron chi connectivity index (χ0n) is 11.0. The zero-order valence-corrected chi connectivity index (χ0v) is 11.0. The summed E-state index contributed by atoms with van der Waals surface area (Å²) in [7, 11) is 0. The molecule has 1 aromatic rings. The lowest BCUT2D eigenvalue weighted by Gasteiger charge is -2.33. The van der Waals surface area contributed by atoms with Gasteiger partial charge in [0.1, 0.15) is 5.84 Å². The van der Waals surface area contributed by atoms with Gasteiger partial charge < -0.3 is 0 Å². The molecule has 2 aliphatic rings. The van der Waals surface area contributed by atoms with Gasteiger partial charge in [-0.3, -0.25) is 9.69 Å². The van der Waals surface area contributed by atoms with Crippen LogP contribution in [0.2, 0.25) is 0 Å². The first-order valence-electron chi connectivity index (χ1n) is 6.65. The van der Waals surface area contributed by atoms with E-state index in [0.29, 0.717) is 5.84 Å². The van der Waals surface area contributed by atoms with Gasteiger partial charge in [-0.05, 0) is 18.9 Å². The number of aliphatic imine (C=N–C) groups is 2. The summed E-state index contributed by atoms with van der Waals surface area (Å²) in [6.45, 7) is 4.38. The monoisotopic (exact) mass is 255 g/mol. The summed E-state index contributed by atoms with van der Waals surface area (Å²) in [4.78, 5) is 22.6. The summed E-state index contributed by atoms with van der Waals surface area (Å²) in [6, 6.07) is 10.4. The van der Waals surface area contributed by atoms with Crippen LogP contribution in [-0.4, -0.2) is 35.4 Å². The third-order valence-electron chi connectivity index (χ3n) is 3.65. The van der Waals surface area contributed by atoms with Gasteiger partial charge in [0.15, 0.2) is 0 Å². The van der Waals surface area contributed by atoms with Gasteiger partial charge in [-0.25, -0.2) is 4.99 Å². The number of fused-ring (bicyclic) bond motifs is 1. The molecule has 19 heavy (non-hydrogen) atoms. The SMILES string of the molecule is CC1=NC(=O)[C@H]2CN(Cc3ccccc3)CCC2=N1. The number of carbonyl (C=O) groups is 1. The molecule has 1 aromatic carbocycles. The first-order chi connectivity index (χ1) is 9.22. The van der Waals surface area contributed by atoms with Crippen molar-refractivity contribution in [1.29, 1.82) is 0 Å². The van der Waals surface area contributed by atoms with Gasteiger partial charge in [-0.1, -0.05) is 30.3 Å². The van der Waals surface area contributed by atoms with Crippen molar-refractivity contribution in [3.05, 3.63) is 35.9 Å². The van der Waals surface area contributed by atoms with E-state index in [4.69, 9.17) is 0 Å². The van der Waals surface area contributed by atoms with Gasteiger partial charge >= 0.3 is 0 Å². The Balaban J connectivity index is 1.70. The number of hydrogen-bond acceptors (Lipinski definition) is 3. The topological polar surface area (TPSA) is 45.0 Å². The van der Waals surface area contributed by atoms with E-state index in [1.165, 1.54) is 5.56 Å². The maximum atomic E-state index is 11.9. The number of rotatable bonds is 2. The molecule has 98 valence electrons. The number of benzene rings is 1. The van der Waals surface area contributed by atoms with E-state index >= 15 is 0 Å². The molecule has 0 saturated carbocycles. The Morgan fingerprint density at radius 3 is 2.84 bits per heavy atom. The quantitative estimate of drug-likeness (QED) is 0.810. The van der Waals surface area contributed by atoms with Crippen molar-refractivity contribution in [2.45, 2.75) is 19.9 Å². The van der Waals surface area contributed by atoms with E-state index < -0.39 is 0 Å². The van der Waals surface area contributed by atoms with Gasteiger partial charge in [0.05, 0.1) is 5.92 Å². The summed E-state index contributed by atoms with van der Waals surface area (Å²) >= 11 is 0.